The van der Waals surface area contributed by atoms with Crippen LogP contribution >= 0.6 is 11.6 Å². The van der Waals surface area contributed by atoms with E-state index in [1.807, 2.05) is 0 Å². The molecule has 0 saturated heterocycles. The van der Waals surface area contributed by atoms with Crippen LogP contribution in [0.5, 0.6) is 0 Å². The molecule has 1 aromatic carbocycles. The van der Waals surface area contributed by atoms with E-state index in [1.165, 1.54) is 10.9 Å². The normalized spacial score (nSPS) is 10.3. The van der Waals surface area contributed by atoms with Crippen LogP contribution in [0.2, 0.25) is 5.02 Å². The summed E-state index contributed by atoms with van der Waals surface area (Å²) in [7, 11) is 1.58. The standard InChI is InChI=1S/C11H11ClN2O2S.K/c1-16-5-4-14-6-13-7-2-3-8(17)10(12)9(7)11(14)15;/h2-3,6,17H,4-5H2,1H3;/q;+1/p-1. The molecule has 0 unspecified atom stereocenters. The van der Waals surface area contributed by atoms with Crippen LogP contribution in [0.25, 0.3) is 10.9 Å². The summed E-state index contributed by atoms with van der Waals surface area (Å²) in [5.74, 6) is 0. The number of benzene rings is 1. The van der Waals surface area contributed by atoms with E-state index in [2.05, 4.69) is 4.98 Å². The maximum absolute atomic E-state index is 12.1. The Kier molecular flexibility index (Phi) is 6.70. The molecule has 1 heterocycles. The second kappa shape index (κ2) is 7.30. The van der Waals surface area contributed by atoms with Gasteiger partial charge in [-0.2, -0.15) is 4.90 Å². The molecule has 0 aliphatic heterocycles. The molecule has 0 bridgehead atoms. The average Bonchev–Trinajstić information content (AvgIpc) is 2.33. The Balaban J connectivity index is 0.00000162. The summed E-state index contributed by atoms with van der Waals surface area (Å²) in [4.78, 5) is 16.8. The van der Waals surface area contributed by atoms with Crippen LogP contribution in [0.4, 0.5) is 0 Å². The topological polar surface area (TPSA) is 44.1 Å². The molecule has 1 aromatic heterocycles. The Morgan fingerprint density at radius 3 is 2.89 bits per heavy atom. The van der Waals surface area contributed by atoms with E-state index in [4.69, 9.17) is 29.0 Å². The van der Waals surface area contributed by atoms with Gasteiger partial charge < -0.3 is 17.4 Å². The number of ether oxygens (including phenoxy) is 1. The Morgan fingerprint density at radius 2 is 2.22 bits per heavy atom. The second-order valence-electron chi connectivity index (χ2n) is 3.51. The first-order valence-corrected chi connectivity index (χ1v) is 5.77. The van der Waals surface area contributed by atoms with E-state index >= 15 is 0 Å². The van der Waals surface area contributed by atoms with Crippen molar-refractivity contribution in [3.05, 3.63) is 33.8 Å². The first kappa shape index (κ1) is 16.5. The summed E-state index contributed by atoms with van der Waals surface area (Å²) >= 11 is 11.1. The number of aromatic nitrogens is 2. The zero-order chi connectivity index (χ0) is 12.4. The molecule has 0 spiro atoms. The van der Waals surface area contributed by atoms with Crippen LogP contribution in [-0.4, -0.2) is 23.3 Å². The number of hydrogen-bond donors (Lipinski definition) is 0. The Labute approximate surface area is 158 Å². The number of hydrogen-bond acceptors (Lipinski definition) is 4. The fourth-order valence-electron chi connectivity index (χ4n) is 1.53. The van der Waals surface area contributed by atoms with Crippen molar-refractivity contribution in [3.63, 3.8) is 0 Å². The maximum Gasteiger partial charge on any atom is 1.00 e. The van der Waals surface area contributed by atoms with E-state index < -0.39 is 0 Å². The third kappa shape index (κ3) is 3.32. The minimum absolute atomic E-state index is 0. The van der Waals surface area contributed by atoms with Crippen molar-refractivity contribution >= 4 is 35.1 Å². The summed E-state index contributed by atoms with van der Waals surface area (Å²) in [5, 5.41) is 0.666. The minimum Gasteiger partial charge on any atom is -0.778 e. The molecule has 0 amide bonds. The first-order chi connectivity index (χ1) is 8.15. The monoisotopic (exact) mass is 308 g/mol. The molecular weight excluding hydrogens is 299 g/mol. The largest absolute Gasteiger partial charge is 1.00 e. The van der Waals surface area contributed by atoms with Gasteiger partial charge in [0.2, 0.25) is 0 Å². The van der Waals surface area contributed by atoms with Crippen LogP contribution < -0.4 is 56.9 Å². The average molecular weight is 309 g/mol. The van der Waals surface area contributed by atoms with E-state index in [0.29, 0.717) is 34.0 Å². The molecule has 0 fully saturated rings. The number of fused-ring (bicyclic) bond motifs is 1. The van der Waals surface area contributed by atoms with Gasteiger partial charge in [-0.25, -0.2) is 4.98 Å². The molecule has 0 atom stereocenters. The molecule has 90 valence electrons. The van der Waals surface area contributed by atoms with Gasteiger partial charge >= 0.3 is 51.4 Å². The first-order valence-electron chi connectivity index (χ1n) is 4.98. The van der Waals surface area contributed by atoms with Crippen molar-refractivity contribution in [1.82, 2.24) is 9.55 Å². The summed E-state index contributed by atoms with van der Waals surface area (Å²) in [6, 6.07) is 3.37. The van der Waals surface area contributed by atoms with Crippen molar-refractivity contribution in [3.8, 4) is 0 Å². The van der Waals surface area contributed by atoms with Crippen LogP contribution in [0, 0.1) is 0 Å². The number of nitrogens with zero attached hydrogens (tertiary/aromatic N) is 2. The van der Waals surface area contributed by atoms with Crippen molar-refractivity contribution < 1.29 is 56.1 Å². The van der Waals surface area contributed by atoms with Gasteiger partial charge in [0.15, 0.2) is 0 Å². The van der Waals surface area contributed by atoms with Gasteiger partial charge in [0.25, 0.3) is 5.56 Å². The Hall–Kier alpha value is 0.466. The minimum atomic E-state index is -0.191. The molecule has 0 aliphatic carbocycles. The molecule has 0 N–H and O–H groups in total. The zero-order valence-corrected chi connectivity index (χ0v) is 14.8. The molecule has 18 heavy (non-hydrogen) atoms. The van der Waals surface area contributed by atoms with Crippen LogP contribution in [-0.2, 0) is 23.9 Å². The Bertz CT molecular complexity index is 618. The van der Waals surface area contributed by atoms with Crippen molar-refractivity contribution in [2.45, 2.75) is 11.4 Å². The molecule has 0 aliphatic rings. The third-order valence-electron chi connectivity index (χ3n) is 2.43. The summed E-state index contributed by atoms with van der Waals surface area (Å²) in [6.07, 6.45) is 1.49. The van der Waals surface area contributed by atoms with Gasteiger partial charge in [-0.1, -0.05) is 17.7 Å². The van der Waals surface area contributed by atoms with Crippen molar-refractivity contribution in [2.24, 2.45) is 0 Å². The van der Waals surface area contributed by atoms with Crippen LogP contribution in [0.3, 0.4) is 0 Å². The molecule has 2 aromatic rings. The molecule has 7 heteroatoms. The zero-order valence-electron chi connectivity index (χ0n) is 10.1. The molecular formula is C11H10ClKN2O2S. The molecule has 0 saturated carbocycles. The SMILES string of the molecule is COCCn1cnc2ccc([S-])c(Cl)c2c1=O.[K+]. The third-order valence-corrected chi connectivity index (χ3v) is 3.28. The number of halogens is 1. The molecule has 4 nitrogen and oxygen atoms in total. The summed E-state index contributed by atoms with van der Waals surface area (Å²) in [5.41, 5.74) is 0.367. The number of rotatable bonds is 3. The molecule has 2 rings (SSSR count). The summed E-state index contributed by atoms with van der Waals surface area (Å²) < 4.78 is 6.39. The van der Waals surface area contributed by atoms with Crippen LogP contribution in [0.1, 0.15) is 0 Å². The quantitative estimate of drug-likeness (QED) is 0.517. The van der Waals surface area contributed by atoms with E-state index in [-0.39, 0.29) is 56.9 Å². The van der Waals surface area contributed by atoms with Crippen molar-refractivity contribution in [2.75, 3.05) is 13.7 Å². The van der Waals surface area contributed by atoms with E-state index in [0.717, 1.165) is 0 Å². The van der Waals surface area contributed by atoms with Gasteiger partial charge in [0.05, 0.1) is 30.4 Å². The van der Waals surface area contributed by atoms with Crippen LogP contribution in [0.15, 0.2) is 28.2 Å². The van der Waals surface area contributed by atoms with E-state index in [1.54, 1.807) is 19.2 Å². The summed E-state index contributed by atoms with van der Waals surface area (Å²) in [6.45, 7) is 0.883. The second-order valence-corrected chi connectivity index (χ2v) is 4.33. The fourth-order valence-corrected chi connectivity index (χ4v) is 1.95. The van der Waals surface area contributed by atoms with Gasteiger partial charge in [-0.15, -0.1) is 0 Å². The van der Waals surface area contributed by atoms with Gasteiger partial charge in [-0.05, 0) is 6.07 Å². The van der Waals surface area contributed by atoms with Gasteiger partial charge in [0, 0.05) is 12.1 Å². The maximum atomic E-state index is 12.1. The predicted molar refractivity (Wildman–Crippen MR) is 68.5 cm³/mol. The predicted octanol–water partition coefficient (Wildman–Crippen LogP) is -1.39. The van der Waals surface area contributed by atoms with Crippen molar-refractivity contribution in [1.29, 1.82) is 0 Å². The van der Waals surface area contributed by atoms with Gasteiger partial charge in [-0.3, -0.25) is 9.36 Å². The fraction of sp³-hybridized carbons (Fsp3) is 0.273. The Morgan fingerprint density at radius 1 is 1.50 bits per heavy atom. The molecule has 0 radical (unpaired) electrons. The van der Waals surface area contributed by atoms with E-state index in [9.17, 15) is 4.79 Å². The van der Waals surface area contributed by atoms with Gasteiger partial charge in [0.1, 0.15) is 0 Å². The number of methoxy groups -OCH3 is 1. The smallest absolute Gasteiger partial charge is 0.778 e.